The van der Waals surface area contributed by atoms with Gasteiger partial charge in [0, 0.05) is 0 Å². The van der Waals surface area contributed by atoms with Gasteiger partial charge < -0.3 is 15.8 Å². The van der Waals surface area contributed by atoms with Crippen molar-refractivity contribution in [3.63, 3.8) is 0 Å². The third-order valence-corrected chi connectivity index (χ3v) is 2.67. The Hall–Kier alpha value is -1.63. The van der Waals surface area contributed by atoms with E-state index in [4.69, 9.17) is 22.1 Å². The van der Waals surface area contributed by atoms with Crippen LogP contribution in [0.2, 0.25) is 5.02 Å². The number of nitrogens with one attached hydrogen (secondary N) is 1. The Labute approximate surface area is 125 Å². The van der Waals surface area contributed by atoms with Crippen LogP contribution in [0.5, 0.6) is 0 Å². The van der Waals surface area contributed by atoms with Gasteiger partial charge in [-0.25, -0.2) is 4.79 Å². The van der Waals surface area contributed by atoms with E-state index in [1.165, 1.54) is 6.07 Å². The Balaban J connectivity index is 3.02. The summed E-state index contributed by atoms with van der Waals surface area (Å²) in [5.41, 5.74) is 4.48. The number of nitrogens with two attached hydrogens (primary N) is 1. The van der Waals surface area contributed by atoms with Gasteiger partial charge in [-0.1, -0.05) is 17.7 Å². The van der Waals surface area contributed by atoms with Crippen molar-refractivity contribution in [2.45, 2.75) is 38.6 Å². The first-order valence-corrected chi connectivity index (χ1v) is 6.39. The minimum atomic E-state index is -4.70. The molecule has 0 aliphatic heterocycles. The largest absolute Gasteiger partial charge is 0.444 e. The zero-order valence-electron chi connectivity index (χ0n) is 11.7. The molecule has 8 heteroatoms. The first-order valence-electron chi connectivity index (χ1n) is 6.01. The summed E-state index contributed by atoms with van der Waals surface area (Å²) in [5.74, 6) is 0. The Bertz CT molecular complexity index is 527. The predicted molar refractivity (Wildman–Crippen MR) is 74.0 cm³/mol. The summed E-state index contributed by atoms with van der Waals surface area (Å²) in [6.45, 7) is 4.65. The van der Waals surface area contributed by atoms with E-state index in [9.17, 15) is 18.0 Å². The fourth-order valence-corrected chi connectivity index (χ4v) is 1.69. The molecule has 3 N–H and O–H groups in total. The standard InChI is InChI=1S/C13H16ClF3N2O2/c1-12(2,3)21-11(20)19-10(13(15,16)17)7-4-5-9(18)8(14)6-7/h4-6,10H,18H2,1-3H3,(H,19,20). The summed E-state index contributed by atoms with van der Waals surface area (Å²) in [6, 6.07) is 1.22. The highest BCUT2D eigenvalue weighted by Crippen LogP contribution is 2.35. The van der Waals surface area contributed by atoms with Crippen LogP contribution in [0.25, 0.3) is 0 Å². The molecule has 1 aromatic carbocycles. The van der Waals surface area contributed by atoms with E-state index in [-0.39, 0.29) is 16.3 Å². The highest BCUT2D eigenvalue weighted by Gasteiger charge is 2.42. The number of rotatable bonds is 2. The van der Waals surface area contributed by atoms with Crippen LogP contribution in [0.15, 0.2) is 18.2 Å². The molecule has 0 saturated heterocycles. The number of nitrogen functional groups attached to an aromatic ring is 1. The lowest BCUT2D eigenvalue weighted by Gasteiger charge is -2.25. The molecule has 0 fully saturated rings. The van der Waals surface area contributed by atoms with Gasteiger partial charge in [0.1, 0.15) is 5.60 Å². The van der Waals surface area contributed by atoms with E-state index in [0.29, 0.717) is 0 Å². The van der Waals surface area contributed by atoms with Crippen molar-refractivity contribution in [1.82, 2.24) is 5.32 Å². The van der Waals surface area contributed by atoms with Crippen molar-refractivity contribution in [3.05, 3.63) is 28.8 Å². The number of ether oxygens (including phenoxy) is 1. The molecule has 1 aromatic rings. The van der Waals surface area contributed by atoms with Crippen LogP contribution < -0.4 is 11.1 Å². The van der Waals surface area contributed by atoms with Crippen molar-refractivity contribution >= 4 is 23.4 Å². The Kier molecular flexibility index (Phi) is 4.99. The van der Waals surface area contributed by atoms with Gasteiger partial charge >= 0.3 is 12.3 Å². The molecule has 0 heterocycles. The summed E-state index contributed by atoms with van der Waals surface area (Å²) < 4.78 is 44.1. The number of amides is 1. The van der Waals surface area contributed by atoms with Gasteiger partial charge in [0.2, 0.25) is 0 Å². The molecule has 0 aromatic heterocycles. The van der Waals surface area contributed by atoms with E-state index in [0.717, 1.165) is 12.1 Å². The van der Waals surface area contributed by atoms with E-state index >= 15 is 0 Å². The molecule has 1 atom stereocenters. The van der Waals surface area contributed by atoms with Crippen molar-refractivity contribution < 1.29 is 22.7 Å². The number of alkyl halides is 3. The normalized spacial score (nSPS) is 13.7. The van der Waals surface area contributed by atoms with E-state index in [1.54, 1.807) is 26.1 Å². The van der Waals surface area contributed by atoms with Gasteiger partial charge in [0.25, 0.3) is 0 Å². The summed E-state index contributed by atoms with van der Waals surface area (Å²) in [4.78, 5) is 11.5. The van der Waals surface area contributed by atoms with Crippen LogP contribution in [0.3, 0.4) is 0 Å². The smallest absolute Gasteiger partial charge is 0.412 e. The van der Waals surface area contributed by atoms with Crippen LogP contribution in [-0.4, -0.2) is 17.9 Å². The van der Waals surface area contributed by atoms with Crippen molar-refractivity contribution in [2.24, 2.45) is 0 Å². The monoisotopic (exact) mass is 324 g/mol. The number of alkyl carbamates (subject to hydrolysis) is 1. The number of carbonyl (C=O) groups excluding carboxylic acids is 1. The van der Waals surface area contributed by atoms with Crippen LogP contribution in [0.1, 0.15) is 32.4 Å². The number of halogens is 4. The molecule has 1 rings (SSSR count). The van der Waals surface area contributed by atoms with Crippen molar-refractivity contribution in [3.8, 4) is 0 Å². The molecule has 1 unspecified atom stereocenters. The summed E-state index contributed by atoms with van der Waals surface area (Å²) >= 11 is 5.71. The van der Waals surface area contributed by atoms with Gasteiger partial charge in [-0.3, -0.25) is 0 Å². The van der Waals surface area contributed by atoms with Crippen molar-refractivity contribution in [2.75, 3.05) is 5.73 Å². The minimum absolute atomic E-state index is 0.0206. The molecule has 0 bridgehead atoms. The number of carbonyl (C=O) groups is 1. The Morgan fingerprint density at radius 1 is 1.33 bits per heavy atom. The maximum absolute atomic E-state index is 13.1. The minimum Gasteiger partial charge on any atom is -0.444 e. The van der Waals surface area contributed by atoms with Gasteiger partial charge in [-0.2, -0.15) is 13.2 Å². The second-order valence-corrected chi connectivity index (χ2v) is 5.81. The lowest BCUT2D eigenvalue weighted by molar-refractivity contribution is -0.156. The topological polar surface area (TPSA) is 64.3 Å². The van der Waals surface area contributed by atoms with Crippen molar-refractivity contribution in [1.29, 1.82) is 0 Å². The first kappa shape index (κ1) is 17.4. The molecule has 0 aliphatic carbocycles. The Morgan fingerprint density at radius 2 is 1.90 bits per heavy atom. The maximum Gasteiger partial charge on any atom is 0.412 e. The van der Waals surface area contributed by atoms with Gasteiger partial charge in [-0.05, 0) is 38.5 Å². The SMILES string of the molecule is CC(C)(C)OC(=O)NC(c1ccc(N)c(Cl)c1)C(F)(F)F. The van der Waals surface area contributed by atoms with Crippen LogP contribution >= 0.6 is 11.6 Å². The quantitative estimate of drug-likeness (QED) is 0.807. The van der Waals surface area contributed by atoms with Crippen LogP contribution in [-0.2, 0) is 4.74 Å². The average Bonchev–Trinajstić information content (AvgIpc) is 2.26. The molecule has 0 spiro atoms. The lowest BCUT2D eigenvalue weighted by atomic mass is 10.1. The van der Waals surface area contributed by atoms with E-state index in [2.05, 4.69) is 0 Å². The summed E-state index contributed by atoms with van der Waals surface area (Å²) in [6.07, 6.45) is -5.87. The maximum atomic E-state index is 13.1. The molecule has 0 radical (unpaired) electrons. The van der Waals surface area contributed by atoms with Crippen LogP contribution in [0, 0.1) is 0 Å². The predicted octanol–water partition coefficient (Wildman–Crippen LogP) is 4.05. The molecular formula is C13H16ClF3N2O2. The van der Waals surface area contributed by atoms with Crippen LogP contribution in [0.4, 0.5) is 23.7 Å². The van der Waals surface area contributed by atoms with Gasteiger partial charge in [0.15, 0.2) is 6.04 Å². The lowest BCUT2D eigenvalue weighted by Crippen LogP contribution is -2.41. The Morgan fingerprint density at radius 3 is 2.33 bits per heavy atom. The molecule has 0 aliphatic rings. The fourth-order valence-electron chi connectivity index (χ4n) is 1.50. The molecule has 0 saturated carbocycles. The second-order valence-electron chi connectivity index (χ2n) is 5.40. The molecule has 21 heavy (non-hydrogen) atoms. The van der Waals surface area contributed by atoms with E-state index < -0.39 is 23.9 Å². The van der Waals surface area contributed by atoms with E-state index in [1.807, 2.05) is 0 Å². The molecule has 118 valence electrons. The number of hydrogen-bond donors (Lipinski definition) is 2. The molecule has 1 amide bonds. The fraction of sp³-hybridized carbons (Fsp3) is 0.462. The zero-order valence-corrected chi connectivity index (χ0v) is 12.5. The third-order valence-electron chi connectivity index (χ3n) is 2.35. The highest BCUT2D eigenvalue weighted by atomic mass is 35.5. The molecular weight excluding hydrogens is 309 g/mol. The zero-order chi connectivity index (χ0) is 16.4. The second kappa shape index (κ2) is 6.01. The number of hydrogen-bond acceptors (Lipinski definition) is 3. The average molecular weight is 325 g/mol. The first-order chi connectivity index (χ1) is 9.40. The number of benzene rings is 1. The summed E-state index contributed by atoms with van der Waals surface area (Å²) in [7, 11) is 0. The molecule has 4 nitrogen and oxygen atoms in total. The number of anilines is 1. The third kappa shape index (κ3) is 5.34. The van der Waals surface area contributed by atoms with Gasteiger partial charge in [0.05, 0.1) is 10.7 Å². The highest BCUT2D eigenvalue weighted by molar-refractivity contribution is 6.33. The van der Waals surface area contributed by atoms with Gasteiger partial charge in [-0.15, -0.1) is 0 Å². The summed E-state index contributed by atoms with van der Waals surface area (Å²) in [5, 5.41) is 1.77.